The predicted molar refractivity (Wildman–Crippen MR) is 106 cm³/mol. The maximum Gasteiger partial charge on any atom is 0.336 e. The summed E-state index contributed by atoms with van der Waals surface area (Å²) in [6, 6.07) is 14.6. The maximum absolute atomic E-state index is 11.9. The molecule has 0 saturated carbocycles. The van der Waals surface area contributed by atoms with Gasteiger partial charge in [-0.15, -0.1) is 0 Å². The Morgan fingerprint density at radius 3 is 2.32 bits per heavy atom. The number of aromatic carboxylic acids is 1. The summed E-state index contributed by atoms with van der Waals surface area (Å²) in [6.07, 6.45) is 0. The van der Waals surface area contributed by atoms with Gasteiger partial charge in [-0.1, -0.05) is 28.1 Å². The third-order valence-corrected chi connectivity index (χ3v) is 4.79. The van der Waals surface area contributed by atoms with Crippen LogP contribution < -0.4 is 0 Å². The van der Waals surface area contributed by atoms with Gasteiger partial charge in [0.05, 0.1) is 27.3 Å². The lowest BCUT2D eigenvalue weighted by Gasteiger charge is -2.06. The van der Waals surface area contributed by atoms with E-state index in [2.05, 4.69) is 31.1 Å². The molecule has 4 aromatic rings. The van der Waals surface area contributed by atoms with E-state index in [1.54, 1.807) is 12.1 Å². The van der Waals surface area contributed by atoms with Gasteiger partial charge in [-0.2, -0.15) is 5.10 Å². The van der Waals surface area contributed by atoms with Crippen LogP contribution in [-0.4, -0.2) is 31.2 Å². The largest absolute Gasteiger partial charge is 0.478 e. The lowest BCUT2D eigenvalue weighted by molar-refractivity contribution is -0.384. The molecule has 2 aromatic heterocycles. The fourth-order valence-electron chi connectivity index (χ4n) is 2.92. The minimum atomic E-state index is -1.12. The number of H-pyrrole nitrogens is 1. The second-order valence-electron chi connectivity index (χ2n) is 5.97. The fourth-order valence-corrected chi connectivity index (χ4v) is 3.18. The molecule has 0 bridgehead atoms. The van der Waals surface area contributed by atoms with E-state index in [9.17, 15) is 20.0 Å². The summed E-state index contributed by atoms with van der Waals surface area (Å²) < 4.78 is 0.899. The molecule has 2 N–H and O–H groups in total. The third kappa shape index (κ3) is 3.12. The van der Waals surface area contributed by atoms with E-state index in [4.69, 9.17) is 0 Å². The quantitative estimate of drug-likeness (QED) is 0.352. The number of nitrogens with one attached hydrogen (secondary N) is 1. The third-order valence-electron chi connectivity index (χ3n) is 4.26. The number of benzene rings is 2. The van der Waals surface area contributed by atoms with Crippen molar-refractivity contribution in [1.29, 1.82) is 0 Å². The summed E-state index contributed by atoms with van der Waals surface area (Å²) in [5, 5.41) is 27.9. The summed E-state index contributed by atoms with van der Waals surface area (Å²) in [7, 11) is 0. The first-order valence-electron chi connectivity index (χ1n) is 8.07. The van der Waals surface area contributed by atoms with Crippen molar-refractivity contribution in [1.82, 2.24) is 15.2 Å². The second kappa shape index (κ2) is 6.86. The number of carboxylic acid groups (broad SMARTS) is 1. The van der Waals surface area contributed by atoms with E-state index in [0.29, 0.717) is 22.3 Å². The first kappa shape index (κ1) is 17.8. The summed E-state index contributed by atoms with van der Waals surface area (Å²) in [5.41, 5.74) is 2.51. The zero-order valence-electron chi connectivity index (χ0n) is 14.1. The van der Waals surface area contributed by atoms with Crippen molar-refractivity contribution in [2.75, 3.05) is 0 Å². The molecule has 0 atom stereocenters. The van der Waals surface area contributed by atoms with Crippen molar-refractivity contribution in [3.05, 3.63) is 74.7 Å². The number of nitro benzene ring substituents is 1. The Morgan fingerprint density at radius 2 is 1.71 bits per heavy atom. The van der Waals surface area contributed by atoms with Gasteiger partial charge in [-0.05, 0) is 30.3 Å². The van der Waals surface area contributed by atoms with Gasteiger partial charge >= 0.3 is 5.97 Å². The maximum atomic E-state index is 11.9. The summed E-state index contributed by atoms with van der Waals surface area (Å²) in [6.45, 7) is 0. The molecule has 0 unspecified atom stereocenters. The lowest BCUT2D eigenvalue weighted by Crippen LogP contribution is -2.00. The number of carbonyl (C=O) groups is 1. The van der Waals surface area contributed by atoms with Crippen LogP contribution in [0, 0.1) is 10.1 Å². The minimum absolute atomic E-state index is 0.0463. The molecule has 0 aliphatic rings. The van der Waals surface area contributed by atoms with Crippen LogP contribution in [-0.2, 0) is 0 Å². The van der Waals surface area contributed by atoms with Crippen molar-refractivity contribution in [3.63, 3.8) is 0 Å². The molecule has 4 rings (SSSR count). The molecule has 28 heavy (non-hydrogen) atoms. The number of hydrogen-bond acceptors (Lipinski definition) is 5. The van der Waals surface area contributed by atoms with Crippen LogP contribution in [0.4, 0.5) is 5.69 Å². The number of halogens is 1. The molecule has 0 aliphatic carbocycles. The highest BCUT2D eigenvalue weighted by atomic mass is 79.9. The molecule has 0 radical (unpaired) electrons. The second-order valence-corrected chi connectivity index (χ2v) is 6.88. The topological polar surface area (TPSA) is 122 Å². The number of non-ortho nitro benzene ring substituents is 1. The van der Waals surface area contributed by atoms with Gasteiger partial charge in [0.15, 0.2) is 5.65 Å². The molecular weight excluding hydrogens is 428 g/mol. The molecule has 9 heteroatoms. The Morgan fingerprint density at radius 1 is 1.07 bits per heavy atom. The van der Waals surface area contributed by atoms with Crippen LogP contribution in [0.3, 0.4) is 0 Å². The molecule has 0 saturated heterocycles. The zero-order chi connectivity index (χ0) is 19.8. The average Bonchev–Trinajstić information content (AvgIpc) is 3.11. The molecule has 0 amide bonds. The highest BCUT2D eigenvalue weighted by Crippen LogP contribution is 2.32. The van der Waals surface area contributed by atoms with Crippen LogP contribution in [0.25, 0.3) is 33.5 Å². The van der Waals surface area contributed by atoms with Crippen molar-refractivity contribution < 1.29 is 14.8 Å². The summed E-state index contributed by atoms with van der Waals surface area (Å²) >= 11 is 3.36. The van der Waals surface area contributed by atoms with Crippen molar-refractivity contribution in [2.24, 2.45) is 0 Å². The van der Waals surface area contributed by atoms with Gasteiger partial charge in [0.25, 0.3) is 5.69 Å². The minimum Gasteiger partial charge on any atom is -0.478 e. The van der Waals surface area contributed by atoms with E-state index in [0.717, 1.165) is 10.0 Å². The van der Waals surface area contributed by atoms with Crippen molar-refractivity contribution in [2.45, 2.75) is 0 Å². The zero-order valence-corrected chi connectivity index (χ0v) is 15.7. The summed E-state index contributed by atoms with van der Waals surface area (Å²) in [5.74, 6) is -1.12. The van der Waals surface area contributed by atoms with Gasteiger partial charge in [-0.3, -0.25) is 15.2 Å². The molecule has 8 nitrogen and oxygen atoms in total. The predicted octanol–water partition coefficient (Wildman–Crippen LogP) is 4.66. The number of rotatable bonds is 4. The number of fused-ring (bicyclic) bond motifs is 1. The smallest absolute Gasteiger partial charge is 0.336 e. The number of nitro groups is 1. The number of nitrogens with zero attached hydrogens (tertiary/aromatic N) is 3. The van der Waals surface area contributed by atoms with Crippen LogP contribution in [0.1, 0.15) is 10.4 Å². The van der Waals surface area contributed by atoms with Crippen LogP contribution >= 0.6 is 15.9 Å². The SMILES string of the molecule is O=C(O)c1cc(-c2ccc(Br)cc2)nc2n[nH]c(-c3ccc([N+](=O)[O-])cc3)c12. The Balaban J connectivity index is 1.89. The Bertz CT molecular complexity index is 1220. The molecule has 0 spiro atoms. The van der Waals surface area contributed by atoms with Gasteiger partial charge in [0.2, 0.25) is 0 Å². The van der Waals surface area contributed by atoms with E-state index in [-0.39, 0.29) is 16.9 Å². The molecule has 0 aliphatic heterocycles. The van der Waals surface area contributed by atoms with Gasteiger partial charge < -0.3 is 5.11 Å². The van der Waals surface area contributed by atoms with E-state index < -0.39 is 10.9 Å². The van der Waals surface area contributed by atoms with Crippen LogP contribution in [0.5, 0.6) is 0 Å². The number of carboxylic acids is 1. The first-order valence-corrected chi connectivity index (χ1v) is 8.86. The number of aromatic amines is 1. The normalized spacial score (nSPS) is 10.9. The summed E-state index contributed by atoms with van der Waals surface area (Å²) in [4.78, 5) is 26.7. The van der Waals surface area contributed by atoms with Gasteiger partial charge in [-0.25, -0.2) is 9.78 Å². The Kier molecular flexibility index (Phi) is 4.36. The fraction of sp³-hybridized carbons (Fsp3) is 0. The standard InChI is InChI=1S/C19H11BrN4O4/c20-12-5-1-10(2-6-12)15-9-14(19(25)26)16-17(22-23-18(16)21-15)11-3-7-13(8-4-11)24(27)28/h1-9H,(H,25,26)(H,21,22,23). The van der Waals surface area contributed by atoms with Gasteiger partial charge in [0, 0.05) is 27.7 Å². The van der Waals surface area contributed by atoms with E-state index in [1.807, 2.05) is 24.3 Å². The molecule has 2 heterocycles. The number of pyridine rings is 1. The molecule has 2 aromatic carbocycles. The first-order chi connectivity index (χ1) is 13.4. The number of hydrogen-bond donors (Lipinski definition) is 2. The van der Waals surface area contributed by atoms with Crippen molar-refractivity contribution in [3.8, 4) is 22.5 Å². The van der Waals surface area contributed by atoms with Crippen LogP contribution in [0.15, 0.2) is 59.1 Å². The monoisotopic (exact) mass is 438 g/mol. The molecular formula is C19H11BrN4O4. The van der Waals surface area contributed by atoms with E-state index in [1.165, 1.54) is 18.2 Å². The highest BCUT2D eigenvalue weighted by molar-refractivity contribution is 9.10. The Labute approximate surface area is 166 Å². The average molecular weight is 439 g/mol. The lowest BCUT2D eigenvalue weighted by atomic mass is 10.0. The van der Waals surface area contributed by atoms with E-state index >= 15 is 0 Å². The molecule has 0 fully saturated rings. The molecule has 138 valence electrons. The van der Waals surface area contributed by atoms with Gasteiger partial charge in [0.1, 0.15) is 0 Å². The van der Waals surface area contributed by atoms with Crippen LogP contribution in [0.2, 0.25) is 0 Å². The van der Waals surface area contributed by atoms with Crippen molar-refractivity contribution >= 4 is 38.6 Å². The highest BCUT2D eigenvalue weighted by Gasteiger charge is 2.20. The number of aromatic nitrogens is 3. The Hall–Kier alpha value is -3.59.